The molecule has 23 heavy (non-hydrogen) atoms. The first-order chi connectivity index (χ1) is 10.8. The van der Waals surface area contributed by atoms with Crippen molar-refractivity contribution >= 4 is 29.1 Å². The SMILES string of the molecule is CCc1c(Cl)cc(C(=O)OC(C)(C)C)cc1Nc1cnccn1. The van der Waals surface area contributed by atoms with Gasteiger partial charge in [0.15, 0.2) is 0 Å². The van der Waals surface area contributed by atoms with Crippen molar-refractivity contribution in [3.63, 3.8) is 0 Å². The lowest BCUT2D eigenvalue weighted by Crippen LogP contribution is -2.24. The second-order valence-corrected chi connectivity index (χ2v) is 6.46. The largest absolute Gasteiger partial charge is 0.456 e. The van der Waals surface area contributed by atoms with E-state index in [0.29, 0.717) is 16.4 Å². The summed E-state index contributed by atoms with van der Waals surface area (Å²) in [5.74, 6) is 0.170. The summed E-state index contributed by atoms with van der Waals surface area (Å²) in [5, 5.41) is 3.67. The zero-order chi connectivity index (χ0) is 17.0. The maximum absolute atomic E-state index is 12.3. The molecule has 0 aliphatic heterocycles. The molecule has 0 aliphatic carbocycles. The van der Waals surface area contributed by atoms with Crippen LogP contribution in [0.2, 0.25) is 5.02 Å². The predicted octanol–water partition coefficient (Wildman–Crippen LogP) is 4.39. The second-order valence-electron chi connectivity index (χ2n) is 6.06. The van der Waals surface area contributed by atoms with Gasteiger partial charge in [-0.05, 0) is 44.9 Å². The monoisotopic (exact) mass is 333 g/mol. The summed E-state index contributed by atoms with van der Waals surface area (Å²) >= 11 is 6.33. The number of carbonyl (C=O) groups is 1. The number of hydrogen-bond donors (Lipinski definition) is 1. The summed E-state index contributed by atoms with van der Waals surface area (Å²) in [4.78, 5) is 20.5. The van der Waals surface area contributed by atoms with E-state index in [0.717, 1.165) is 17.7 Å². The highest BCUT2D eigenvalue weighted by Crippen LogP contribution is 2.30. The fourth-order valence-corrected chi connectivity index (χ4v) is 2.42. The van der Waals surface area contributed by atoms with Crippen LogP contribution in [0.3, 0.4) is 0 Å². The van der Waals surface area contributed by atoms with E-state index in [9.17, 15) is 4.79 Å². The van der Waals surface area contributed by atoms with Gasteiger partial charge >= 0.3 is 5.97 Å². The lowest BCUT2D eigenvalue weighted by Gasteiger charge is -2.20. The molecule has 1 aromatic carbocycles. The minimum atomic E-state index is -0.564. The number of anilines is 2. The maximum Gasteiger partial charge on any atom is 0.338 e. The van der Waals surface area contributed by atoms with Gasteiger partial charge in [0.2, 0.25) is 0 Å². The molecule has 5 nitrogen and oxygen atoms in total. The molecule has 1 heterocycles. The Labute approximate surface area is 141 Å². The highest BCUT2D eigenvalue weighted by atomic mass is 35.5. The highest BCUT2D eigenvalue weighted by Gasteiger charge is 2.20. The van der Waals surface area contributed by atoms with Crippen LogP contribution in [0.1, 0.15) is 43.6 Å². The van der Waals surface area contributed by atoms with Gasteiger partial charge in [0.1, 0.15) is 11.4 Å². The van der Waals surface area contributed by atoms with E-state index in [2.05, 4.69) is 15.3 Å². The number of halogens is 1. The zero-order valence-corrected chi connectivity index (χ0v) is 14.4. The Hall–Kier alpha value is -2.14. The molecule has 2 rings (SSSR count). The minimum absolute atomic E-state index is 0.397. The van der Waals surface area contributed by atoms with Crippen LogP contribution in [0.25, 0.3) is 0 Å². The van der Waals surface area contributed by atoms with Crippen LogP contribution in [0, 0.1) is 0 Å². The molecule has 1 N–H and O–H groups in total. The molecule has 0 spiro atoms. The van der Waals surface area contributed by atoms with Crippen LogP contribution >= 0.6 is 11.6 Å². The summed E-state index contributed by atoms with van der Waals surface area (Å²) in [7, 11) is 0. The number of nitrogens with one attached hydrogen (secondary N) is 1. The van der Waals surface area contributed by atoms with Crippen molar-refractivity contribution in [2.75, 3.05) is 5.32 Å². The number of nitrogens with zero attached hydrogens (tertiary/aromatic N) is 2. The van der Waals surface area contributed by atoms with Gasteiger partial charge in [0, 0.05) is 23.1 Å². The fourth-order valence-electron chi connectivity index (χ4n) is 2.06. The summed E-state index contributed by atoms with van der Waals surface area (Å²) in [5.41, 5.74) is 1.46. The van der Waals surface area contributed by atoms with Crippen molar-refractivity contribution < 1.29 is 9.53 Å². The van der Waals surface area contributed by atoms with E-state index in [1.807, 2.05) is 27.7 Å². The Morgan fingerprint density at radius 1 is 1.30 bits per heavy atom. The van der Waals surface area contributed by atoms with Crippen molar-refractivity contribution in [2.45, 2.75) is 39.7 Å². The van der Waals surface area contributed by atoms with Gasteiger partial charge in [-0.2, -0.15) is 0 Å². The highest BCUT2D eigenvalue weighted by molar-refractivity contribution is 6.32. The third-order valence-corrected chi connectivity index (χ3v) is 3.35. The van der Waals surface area contributed by atoms with E-state index in [1.54, 1.807) is 30.7 Å². The van der Waals surface area contributed by atoms with Crippen LogP contribution in [0.4, 0.5) is 11.5 Å². The van der Waals surface area contributed by atoms with Crippen molar-refractivity contribution in [3.8, 4) is 0 Å². The van der Waals surface area contributed by atoms with Crippen LogP contribution in [-0.4, -0.2) is 21.5 Å². The molecule has 0 saturated carbocycles. The Balaban J connectivity index is 2.38. The molecule has 6 heteroatoms. The number of benzene rings is 1. The maximum atomic E-state index is 12.3. The number of rotatable bonds is 4. The molecule has 0 saturated heterocycles. The average molecular weight is 334 g/mol. The first kappa shape index (κ1) is 17.2. The van der Waals surface area contributed by atoms with Crippen molar-refractivity contribution in [1.82, 2.24) is 9.97 Å². The normalized spacial score (nSPS) is 11.2. The predicted molar refractivity (Wildman–Crippen MR) is 91.3 cm³/mol. The molecular formula is C17H20ClN3O2. The molecule has 0 amide bonds. The minimum Gasteiger partial charge on any atom is -0.456 e. The topological polar surface area (TPSA) is 64.1 Å². The van der Waals surface area contributed by atoms with E-state index in [4.69, 9.17) is 16.3 Å². The second kappa shape index (κ2) is 6.96. The molecule has 0 bridgehead atoms. The number of aromatic nitrogens is 2. The molecule has 0 atom stereocenters. The number of ether oxygens (including phenoxy) is 1. The van der Waals surface area contributed by atoms with Crippen LogP contribution in [-0.2, 0) is 11.2 Å². The Kier molecular flexibility index (Phi) is 5.21. The molecule has 2 aromatic rings. The Bertz CT molecular complexity index is 697. The molecule has 1 aromatic heterocycles. The van der Waals surface area contributed by atoms with Crippen molar-refractivity contribution in [2.24, 2.45) is 0 Å². The van der Waals surface area contributed by atoms with Crippen LogP contribution < -0.4 is 5.32 Å². The third kappa shape index (κ3) is 4.66. The lowest BCUT2D eigenvalue weighted by atomic mass is 10.1. The smallest absolute Gasteiger partial charge is 0.338 e. The average Bonchev–Trinajstić information content (AvgIpc) is 2.46. The van der Waals surface area contributed by atoms with E-state index >= 15 is 0 Å². The summed E-state index contributed by atoms with van der Waals surface area (Å²) < 4.78 is 5.40. The first-order valence-corrected chi connectivity index (χ1v) is 7.76. The molecule has 0 aliphatic rings. The van der Waals surface area contributed by atoms with Gasteiger partial charge in [0.05, 0.1) is 11.8 Å². The summed E-state index contributed by atoms with van der Waals surface area (Å²) in [6.45, 7) is 7.47. The van der Waals surface area contributed by atoms with Gasteiger partial charge < -0.3 is 10.1 Å². The Morgan fingerprint density at radius 3 is 2.61 bits per heavy atom. The van der Waals surface area contributed by atoms with Crippen LogP contribution in [0.5, 0.6) is 0 Å². The lowest BCUT2D eigenvalue weighted by molar-refractivity contribution is 0.00696. The zero-order valence-electron chi connectivity index (χ0n) is 13.7. The standard InChI is InChI=1S/C17H20ClN3O2/c1-5-12-13(18)8-11(16(22)23-17(2,3)4)9-14(12)21-15-10-19-6-7-20-15/h6-10H,5H2,1-4H3,(H,20,21). The van der Waals surface area contributed by atoms with Gasteiger partial charge in [-0.1, -0.05) is 18.5 Å². The first-order valence-electron chi connectivity index (χ1n) is 7.39. The number of esters is 1. The number of carbonyl (C=O) groups excluding carboxylic acids is 1. The third-order valence-electron chi connectivity index (χ3n) is 3.01. The van der Waals surface area contributed by atoms with Gasteiger partial charge in [-0.3, -0.25) is 4.98 Å². The van der Waals surface area contributed by atoms with Crippen molar-refractivity contribution in [3.05, 3.63) is 46.9 Å². The van der Waals surface area contributed by atoms with Crippen LogP contribution in [0.15, 0.2) is 30.7 Å². The molecule has 122 valence electrons. The Morgan fingerprint density at radius 2 is 2.04 bits per heavy atom. The van der Waals surface area contributed by atoms with E-state index in [1.165, 1.54) is 0 Å². The summed E-state index contributed by atoms with van der Waals surface area (Å²) in [6, 6.07) is 3.36. The number of hydrogen-bond acceptors (Lipinski definition) is 5. The van der Waals surface area contributed by atoms with Gasteiger partial charge in [-0.25, -0.2) is 9.78 Å². The molecular weight excluding hydrogens is 314 g/mol. The van der Waals surface area contributed by atoms with Gasteiger partial charge in [0.25, 0.3) is 0 Å². The molecule has 0 unspecified atom stereocenters. The summed E-state index contributed by atoms with van der Waals surface area (Å²) in [6.07, 6.45) is 5.51. The van der Waals surface area contributed by atoms with Crippen molar-refractivity contribution in [1.29, 1.82) is 0 Å². The van der Waals surface area contributed by atoms with Gasteiger partial charge in [-0.15, -0.1) is 0 Å². The molecule has 0 fully saturated rings. The quantitative estimate of drug-likeness (QED) is 0.840. The van der Waals surface area contributed by atoms with E-state index in [-0.39, 0.29) is 0 Å². The van der Waals surface area contributed by atoms with E-state index < -0.39 is 11.6 Å². The fraction of sp³-hybridized carbons (Fsp3) is 0.353. The molecule has 0 radical (unpaired) electrons.